The Morgan fingerprint density at radius 1 is 1.08 bits per heavy atom. The van der Waals surface area contributed by atoms with Crippen LogP contribution < -0.4 is 4.90 Å². The van der Waals surface area contributed by atoms with E-state index in [1.165, 1.54) is 0 Å². The molecule has 0 aliphatic heterocycles. The number of anilines is 1. The van der Waals surface area contributed by atoms with Gasteiger partial charge in [0.2, 0.25) is 0 Å². The summed E-state index contributed by atoms with van der Waals surface area (Å²) in [6.45, 7) is 1.61. The summed E-state index contributed by atoms with van der Waals surface area (Å²) in [5.41, 5.74) is 3.55. The van der Waals surface area contributed by atoms with Crippen molar-refractivity contribution in [1.29, 1.82) is 0 Å². The second-order valence-electron chi connectivity index (χ2n) is 6.40. The van der Waals surface area contributed by atoms with Crippen molar-refractivity contribution in [2.24, 2.45) is 0 Å². The van der Waals surface area contributed by atoms with Gasteiger partial charge in [0.25, 0.3) is 6.43 Å². The Kier molecular flexibility index (Phi) is 4.29. The van der Waals surface area contributed by atoms with E-state index in [9.17, 15) is 8.78 Å². The third-order valence-electron chi connectivity index (χ3n) is 4.78. The largest absolute Gasteiger partial charge is 0.361 e. The van der Waals surface area contributed by atoms with Gasteiger partial charge in [0.05, 0.1) is 30.0 Å². The minimum atomic E-state index is -2.44. The molecule has 1 unspecified atom stereocenters. The fourth-order valence-electron chi connectivity index (χ4n) is 3.46. The van der Waals surface area contributed by atoms with Gasteiger partial charge in [0.1, 0.15) is 0 Å². The molecule has 2 aromatic heterocycles. The summed E-state index contributed by atoms with van der Waals surface area (Å²) in [5.74, 6) is 0. The van der Waals surface area contributed by atoms with E-state index in [1.54, 1.807) is 11.1 Å². The van der Waals surface area contributed by atoms with Gasteiger partial charge in [-0.05, 0) is 30.7 Å². The molecule has 26 heavy (non-hydrogen) atoms. The van der Waals surface area contributed by atoms with E-state index in [1.807, 2.05) is 67.7 Å². The number of H-pyrrole nitrogens is 1. The van der Waals surface area contributed by atoms with Crippen molar-refractivity contribution in [3.05, 3.63) is 72.6 Å². The summed E-state index contributed by atoms with van der Waals surface area (Å²) in [6.07, 6.45) is 1.15. The maximum Gasteiger partial charge on any atom is 0.255 e. The van der Waals surface area contributed by atoms with E-state index in [-0.39, 0.29) is 12.6 Å². The van der Waals surface area contributed by atoms with Crippen molar-refractivity contribution in [2.75, 3.05) is 11.4 Å². The SMILES string of the molecule is CC(c1c[nH]c2ccccc12)N(CC(F)F)c1cnc2ccccc2c1. The third kappa shape index (κ3) is 3.01. The fourth-order valence-corrected chi connectivity index (χ4v) is 3.46. The topological polar surface area (TPSA) is 31.9 Å². The third-order valence-corrected chi connectivity index (χ3v) is 4.78. The quantitative estimate of drug-likeness (QED) is 0.511. The molecule has 0 aliphatic rings. The second-order valence-corrected chi connectivity index (χ2v) is 6.40. The summed E-state index contributed by atoms with van der Waals surface area (Å²) in [5, 5.41) is 1.99. The van der Waals surface area contributed by atoms with Gasteiger partial charge < -0.3 is 9.88 Å². The highest BCUT2D eigenvalue weighted by Gasteiger charge is 2.23. The van der Waals surface area contributed by atoms with Crippen LogP contribution in [0.25, 0.3) is 21.8 Å². The molecule has 0 bridgehead atoms. The average Bonchev–Trinajstić information content (AvgIpc) is 3.09. The highest BCUT2D eigenvalue weighted by Crippen LogP contribution is 2.33. The molecule has 3 nitrogen and oxygen atoms in total. The molecule has 1 atom stereocenters. The molecule has 4 aromatic rings. The zero-order valence-corrected chi connectivity index (χ0v) is 14.4. The van der Waals surface area contributed by atoms with Gasteiger partial charge in [-0.3, -0.25) is 4.98 Å². The average molecular weight is 351 g/mol. The minimum absolute atomic E-state index is 0.219. The Morgan fingerprint density at radius 2 is 1.85 bits per heavy atom. The Morgan fingerprint density at radius 3 is 2.69 bits per heavy atom. The molecule has 2 aromatic carbocycles. The predicted molar refractivity (Wildman–Crippen MR) is 102 cm³/mol. The highest BCUT2D eigenvalue weighted by molar-refractivity contribution is 5.85. The van der Waals surface area contributed by atoms with Crippen LogP contribution in [0.3, 0.4) is 0 Å². The van der Waals surface area contributed by atoms with Gasteiger partial charge >= 0.3 is 0 Å². The molecule has 2 heterocycles. The summed E-state index contributed by atoms with van der Waals surface area (Å²) in [6, 6.07) is 17.3. The second kappa shape index (κ2) is 6.75. The molecule has 4 rings (SSSR count). The maximum atomic E-state index is 13.3. The number of benzene rings is 2. The lowest BCUT2D eigenvalue weighted by molar-refractivity contribution is 0.152. The summed E-state index contributed by atoms with van der Waals surface area (Å²) < 4.78 is 26.7. The summed E-state index contributed by atoms with van der Waals surface area (Å²) in [4.78, 5) is 9.39. The van der Waals surface area contributed by atoms with Gasteiger partial charge in [-0.15, -0.1) is 0 Å². The first-order valence-electron chi connectivity index (χ1n) is 8.59. The number of nitrogens with zero attached hydrogens (tertiary/aromatic N) is 2. The number of hydrogen-bond acceptors (Lipinski definition) is 2. The molecule has 132 valence electrons. The molecular formula is C21H19F2N3. The lowest BCUT2D eigenvalue weighted by Crippen LogP contribution is -2.31. The van der Waals surface area contributed by atoms with Crippen LogP contribution in [0.5, 0.6) is 0 Å². The molecule has 5 heteroatoms. The smallest absolute Gasteiger partial charge is 0.255 e. The number of halogens is 2. The monoisotopic (exact) mass is 351 g/mol. The van der Waals surface area contributed by atoms with Crippen LogP contribution in [-0.2, 0) is 0 Å². The number of pyridine rings is 1. The van der Waals surface area contributed by atoms with E-state index in [4.69, 9.17) is 0 Å². The Balaban J connectivity index is 1.78. The van der Waals surface area contributed by atoms with Gasteiger partial charge in [-0.1, -0.05) is 36.4 Å². The fraction of sp³-hybridized carbons (Fsp3) is 0.190. The Bertz CT molecular complexity index is 1040. The first kappa shape index (κ1) is 16.5. The minimum Gasteiger partial charge on any atom is -0.361 e. The Labute approximate surface area is 150 Å². The van der Waals surface area contributed by atoms with Crippen LogP contribution in [0.15, 0.2) is 67.0 Å². The van der Waals surface area contributed by atoms with E-state index in [0.29, 0.717) is 5.69 Å². The molecule has 0 fully saturated rings. The summed E-state index contributed by atoms with van der Waals surface area (Å²) >= 11 is 0. The lowest BCUT2D eigenvalue weighted by atomic mass is 10.0. The van der Waals surface area contributed by atoms with Crippen molar-refractivity contribution in [2.45, 2.75) is 19.4 Å². The van der Waals surface area contributed by atoms with E-state index in [2.05, 4.69) is 9.97 Å². The van der Waals surface area contributed by atoms with E-state index < -0.39 is 6.43 Å². The molecule has 0 amide bonds. The number of aromatic nitrogens is 2. The molecule has 0 aliphatic carbocycles. The number of nitrogens with one attached hydrogen (secondary N) is 1. The first-order valence-corrected chi connectivity index (χ1v) is 8.59. The normalized spacial score (nSPS) is 12.8. The molecule has 0 spiro atoms. The predicted octanol–water partition coefficient (Wildman–Crippen LogP) is 5.55. The zero-order valence-electron chi connectivity index (χ0n) is 14.4. The molecule has 0 saturated carbocycles. The van der Waals surface area contributed by atoms with Crippen LogP contribution in [0.2, 0.25) is 0 Å². The highest BCUT2D eigenvalue weighted by atomic mass is 19.3. The number of fused-ring (bicyclic) bond motifs is 2. The molecular weight excluding hydrogens is 332 g/mol. The van der Waals surface area contributed by atoms with Crippen molar-refractivity contribution in [3.63, 3.8) is 0 Å². The number of hydrogen-bond donors (Lipinski definition) is 1. The Hall–Kier alpha value is -2.95. The van der Waals surface area contributed by atoms with Gasteiger partial charge in [0, 0.05) is 22.5 Å². The number of aromatic amines is 1. The molecule has 1 N–H and O–H groups in total. The van der Waals surface area contributed by atoms with Crippen LogP contribution in [0.4, 0.5) is 14.5 Å². The van der Waals surface area contributed by atoms with Gasteiger partial charge in [0.15, 0.2) is 0 Å². The van der Waals surface area contributed by atoms with Crippen LogP contribution in [0.1, 0.15) is 18.5 Å². The van der Waals surface area contributed by atoms with Crippen LogP contribution >= 0.6 is 0 Å². The van der Waals surface area contributed by atoms with Crippen molar-refractivity contribution in [3.8, 4) is 0 Å². The van der Waals surface area contributed by atoms with Gasteiger partial charge in [-0.25, -0.2) is 8.78 Å². The van der Waals surface area contributed by atoms with Crippen molar-refractivity contribution < 1.29 is 8.78 Å². The van der Waals surface area contributed by atoms with Crippen LogP contribution in [0, 0.1) is 0 Å². The zero-order chi connectivity index (χ0) is 18.1. The first-order chi connectivity index (χ1) is 12.6. The number of rotatable bonds is 5. The lowest BCUT2D eigenvalue weighted by Gasteiger charge is -2.31. The number of para-hydroxylation sites is 2. The van der Waals surface area contributed by atoms with Gasteiger partial charge in [-0.2, -0.15) is 0 Å². The van der Waals surface area contributed by atoms with Crippen molar-refractivity contribution in [1.82, 2.24) is 9.97 Å². The van der Waals surface area contributed by atoms with Crippen molar-refractivity contribution >= 4 is 27.5 Å². The molecule has 0 radical (unpaired) electrons. The maximum absolute atomic E-state index is 13.3. The number of alkyl halides is 2. The molecule has 0 saturated heterocycles. The van der Waals surface area contributed by atoms with E-state index >= 15 is 0 Å². The standard InChI is InChI=1S/C21H19F2N3/c1-14(18-12-25-20-9-5-3-7-17(18)20)26(13-21(22)23)16-10-15-6-2-4-8-19(15)24-11-16/h2-12,14,21,25H,13H2,1H3. The van der Waals surface area contributed by atoms with E-state index in [0.717, 1.165) is 27.4 Å². The summed E-state index contributed by atoms with van der Waals surface area (Å²) in [7, 11) is 0. The van der Waals surface area contributed by atoms with Crippen LogP contribution in [-0.4, -0.2) is 22.9 Å².